The first-order valence-electron chi connectivity index (χ1n) is 6.68. The highest BCUT2D eigenvalue weighted by Crippen LogP contribution is 2.25. The monoisotopic (exact) mass is 289 g/mol. The third-order valence-corrected chi connectivity index (χ3v) is 3.52. The Morgan fingerprint density at radius 2 is 2.05 bits per heavy atom. The van der Waals surface area contributed by atoms with Crippen molar-refractivity contribution in [2.24, 2.45) is 0 Å². The minimum atomic E-state index is -1.05. The quantitative estimate of drug-likeness (QED) is 0.885. The van der Waals surface area contributed by atoms with Crippen LogP contribution >= 0.6 is 0 Å². The molecule has 0 saturated heterocycles. The van der Waals surface area contributed by atoms with Gasteiger partial charge in [-0.1, -0.05) is 18.2 Å². The average Bonchev–Trinajstić information content (AvgIpc) is 2.97. The second kappa shape index (κ2) is 6.45. The van der Waals surface area contributed by atoms with E-state index in [-0.39, 0.29) is 11.8 Å². The number of hydrogen-bond donors (Lipinski definition) is 1. The standard InChI is InChI=1S/C16H19NO4/c1-11(13-8-9-15(21-13)16(18)19)17(2)10-12-6-4-5-7-14(12)20-3/h4-9,11H,10H2,1-3H3,(H,18,19). The van der Waals surface area contributed by atoms with Gasteiger partial charge in [0.25, 0.3) is 0 Å². The number of hydrogen-bond acceptors (Lipinski definition) is 4. The topological polar surface area (TPSA) is 62.9 Å². The molecule has 0 aliphatic heterocycles. The van der Waals surface area contributed by atoms with E-state index in [1.54, 1.807) is 13.2 Å². The van der Waals surface area contributed by atoms with Crippen molar-refractivity contribution in [1.29, 1.82) is 0 Å². The molecule has 21 heavy (non-hydrogen) atoms. The predicted octanol–water partition coefficient (Wildman–Crippen LogP) is 3.18. The molecule has 112 valence electrons. The maximum Gasteiger partial charge on any atom is 0.371 e. The van der Waals surface area contributed by atoms with Crippen molar-refractivity contribution >= 4 is 5.97 Å². The fourth-order valence-electron chi connectivity index (χ4n) is 2.15. The zero-order valence-electron chi connectivity index (χ0n) is 12.4. The highest BCUT2D eigenvalue weighted by molar-refractivity contribution is 5.84. The van der Waals surface area contributed by atoms with Gasteiger partial charge in [-0.05, 0) is 32.2 Å². The number of benzene rings is 1. The molecule has 5 nitrogen and oxygen atoms in total. The van der Waals surface area contributed by atoms with Gasteiger partial charge in [-0.2, -0.15) is 0 Å². The highest BCUT2D eigenvalue weighted by Gasteiger charge is 2.18. The molecule has 0 spiro atoms. The van der Waals surface area contributed by atoms with E-state index in [2.05, 4.69) is 4.90 Å². The fraction of sp³-hybridized carbons (Fsp3) is 0.312. The molecule has 2 rings (SSSR count). The summed E-state index contributed by atoms with van der Waals surface area (Å²) < 4.78 is 10.7. The van der Waals surface area contributed by atoms with Crippen molar-refractivity contribution in [2.45, 2.75) is 19.5 Å². The van der Waals surface area contributed by atoms with Crippen LogP contribution in [0.3, 0.4) is 0 Å². The Balaban J connectivity index is 2.11. The molecule has 2 aromatic rings. The van der Waals surface area contributed by atoms with E-state index >= 15 is 0 Å². The molecule has 5 heteroatoms. The number of carboxylic acids is 1. The lowest BCUT2D eigenvalue weighted by Crippen LogP contribution is -2.21. The number of ether oxygens (including phenoxy) is 1. The molecule has 0 saturated carbocycles. The zero-order chi connectivity index (χ0) is 15.4. The molecule has 1 atom stereocenters. The summed E-state index contributed by atoms with van der Waals surface area (Å²) in [6.07, 6.45) is 0. The third kappa shape index (κ3) is 3.44. The predicted molar refractivity (Wildman–Crippen MR) is 78.5 cm³/mol. The first kappa shape index (κ1) is 15.1. The van der Waals surface area contributed by atoms with E-state index in [0.717, 1.165) is 11.3 Å². The second-order valence-electron chi connectivity index (χ2n) is 4.91. The smallest absolute Gasteiger partial charge is 0.371 e. The minimum absolute atomic E-state index is 0.0389. The van der Waals surface area contributed by atoms with Crippen molar-refractivity contribution in [3.8, 4) is 5.75 Å². The molecule has 0 aliphatic carbocycles. The number of furan rings is 1. The first-order valence-corrected chi connectivity index (χ1v) is 6.68. The van der Waals surface area contributed by atoms with E-state index in [9.17, 15) is 4.79 Å². The number of rotatable bonds is 6. The van der Waals surface area contributed by atoms with Crippen LogP contribution in [0.4, 0.5) is 0 Å². The van der Waals surface area contributed by atoms with Crippen molar-refractivity contribution in [2.75, 3.05) is 14.2 Å². The molecular formula is C16H19NO4. The Kier molecular flexibility index (Phi) is 4.65. The van der Waals surface area contributed by atoms with Gasteiger partial charge in [0.2, 0.25) is 5.76 Å². The highest BCUT2D eigenvalue weighted by atomic mass is 16.5. The fourth-order valence-corrected chi connectivity index (χ4v) is 2.15. The Bertz CT molecular complexity index is 620. The molecule has 1 aromatic carbocycles. The van der Waals surface area contributed by atoms with Crippen LogP contribution in [-0.4, -0.2) is 30.1 Å². The summed E-state index contributed by atoms with van der Waals surface area (Å²) in [6, 6.07) is 11.0. The van der Waals surface area contributed by atoms with Crippen molar-refractivity contribution in [3.05, 3.63) is 53.5 Å². The van der Waals surface area contributed by atoms with Gasteiger partial charge in [0.05, 0.1) is 13.2 Å². The van der Waals surface area contributed by atoms with Gasteiger partial charge in [0.15, 0.2) is 0 Å². The van der Waals surface area contributed by atoms with E-state index in [4.69, 9.17) is 14.3 Å². The first-order chi connectivity index (χ1) is 10.0. The number of methoxy groups -OCH3 is 1. The van der Waals surface area contributed by atoms with Crippen LogP contribution in [0, 0.1) is 0 Å². The van der Waals surface area contributed by atoms with Crippen molar-refractivity contribution in [3.63, 3.8) is 0 Å². The zero-order valence-corrected chi connectivity index (χ0v) is 12.4. The molecule has 0 fully saturated rings. The molecule has 0 bridgehead atoms. The lowest BCUT2D eigenvalue weighted by Gasteiger charge is -2.23. The molecular weight excluding hydrogens is 270 g/mol. The summed E-state index contributed by atoms with van der Waals surface area (Å²) in [6.45, 7) is 2.65. The van der Waals surface area contributed by atoms with Gasteiger partial charge in [0, 0.05) is 12.1 Å². The van der Waals surface area contributed by atoms with Crippen LogP contribution in [0.25, 0.3) is 0 Å². The van der Waals surface area contributed by atoms with Crippen LogP contribution in [-0.2, 0) is 6.54 Å². The van der Waals surface area contributed by atoms with E-state index < -0.39 is 5.97 Å². The van der Waals surface area contributed by atoms with Crippen molar-refractivity contribution < 1.29 is 19.1 Å². The number of para-hydroxylation sites is 1. The normalized spacial score (nSPS) is 12.4. The third-order valence-electron chi connectivity index (χ3n) is 3.52. The number of carboxylic acid groups (broad SMARTS) is 1. The molecule has 0 aliphatic rings. The van der Waals surface area contributed by atoms with Crippen molar-refractivity contribution in [1.82, 2.24) is 4.90 Å². The van der Waals surface area contributed by atoms with Crippen LogP contribution in [0.15, 0.2) is 40.8 Å². The molecule has 1 N–H and O–H groups in total. The number of aromatic carboxylic acids is 1. The summed E-state index contributed by atoms with van der Waals surface area (Å²) in [7, 11) is 3.61. The Labute approximate surface area is 123 Å². The van der Waals surface area contributed by atoms with Crippen LogP contribution < -0.4 is 4.74 Å². The Morgan fingerprint density at radius 1 is 1.33 bits per heavy atom. The average molecular weight is 289 g/mol. The van der Waals surface area contributed by atoms with Crippen LogP contribution in [0.1, 0.15) is 34.8 Å². The maximum absolute atomic E-state index is 10.9. The van der Waals surface area contributed by atoms with Gasteiger partial charge >= 0.3 is 5.97 Å². The summed E-state index contributed by atoms with van der Waals surface area (Å²) >= 11 is 0. The molecule has 0 amide bonds. The minimum Gasteiger partial charge on any atom is -0.496 e. The lowest BCUT2D eigenvalue weighted by atomic mass is 10.1. The molecule has 1 heterocycles. The number of nitrogens with zero attached hydrogens (tertiary/aromatic N) is 1. The molecule has 0 radical (unpaired) electrons. The Hall–Kier alpha value is -2.27. The van der Waals surface area contributed by atoms with Gasteiger partial charge in [-0.25, -0.2) is 4.79 Å². The summed E-state index contributed by atoms with van der Waals surface area (Å²) in [4.78, 5) is 12.9. The number of carbonyl (C=O) groups is 1. The molecule has 1 aromatic heterocycles. The van der Waals surface area contributed by atoms with Gasteiger partial charge < -0.3 is 14.3 Å². The summed E-state index contributed by atoms with van der Waals surface area (Å²) in [5.41, 5.74) is 1.07. The van der Waals surface area contributed by atoms with Crippen LogP contribution in [0.5, 0.6) is 5.75 Å². The van der Waals surface area contributed by atoms with E-state index in [0.29, 0.717) is 12.3 Å². The second-order valence-corrected chi connectivity index (χ2v) is 4.91. The van der Waals surface area contributed by atoms with Gasteiger partial charge in [-0.15, -0.1) is 0 Å². The lowest BCUT2D eigenvalue weighted by molar-refractivity contribution is 0.0656. The maximum atomic E-state index is 10.9. The van der Waals surface area contributed by atoms with E-state index in [1.165, 1.54) is 6.07 Å². The Morgan fingerprint density at radius 3 is 2.67 bits per heavy atom. The van der Waals surface area contributed by atoms with Gasteiger partial charge in [-0.3, -0.25) is 4.90 Å². The largest absolute Gasteiger partial charge is 0.496 e. The van der Waals surface area contributed by atoms with Gasteiger partial charge in [0.1, 0.15) is 11.5 Å². The summed E-state index contributed by atoms with van der Waals surface area (Å²) in [5.74, 6) is 0.371. The SMILES string of the molecule is COc1ccccc1CN(C)C(C)c1ccc(C(=O)O)o1. The summed E-state index contributed by atoms with van der Waals surface area (Å²) in [5, 5.41) is 8.90. The van der Waals surface area contributed by atoms with E-state index in [1.807, 2.05) is 38.2 Å². The molecule has 1 unspecified atom stereocenters. The van der Waals surface area contributed by atoms with Crippen LogP contribution in [0.2, 0.25) is 0 Å².